The number of carbonyl (C=O) groups excluding carboxylic acids is 2. The highest BCUT2D eigenvalue weighted by Crippen LogP contribution is 2.60. The molecular formula is C24H27N3O2. The first kappa shape index (κ1) is 18.4. The zero-order valence-electron chi connectivity index (χ0n) is 16.4. The van der Waals surface area contributed by atoms with Crippen molar-refractivity contribution in [3.63, 3.8) is 0 Å². The Balaban J connectivity index is 1.31. The van der Waals surface area contributed by atoms with E-state index in [0.29, 0.717) is 24.9 Å². The highest BCUT2D eigenvalue weighted by molar-refractivity contribution is 5.92. The minimum atomic E-state index is -0.804. The van der Waals surface area contributed by atoms with Crippen molar-refractivity contribution in [2.45, 2.75) is 30.7 Å². The molecule has 5 rings (SSSR count). The fourth-order valence-electron chi connectivity index (χ4n) is 5.43. The van der Waals surface area contributed by atoms with Gasteiger partial charge in [0.25, 0.3) is 0 Å². The first-order chi connectivity index (χ1) is 14.1. The van der Waals surface area contributed by atoms with Gasteiger partial charge in [0.2, 0.25) is 11.8 Å². The van der Waals surface area contributed by atoms with Gasteiger partial charge in [0.05, 0.1) is 11.3 Å². The maximum absolute atomic E-state index is 13.2. The molecule has 0 spiro atoms. The minimum Gasteiger partial charge on any atom is -0.369 e. The van der Waals surface area contributed by atoms with E-state index in [9.17, 15) is 9.59 Å². The van der Waals surface area contributed by atoms with Crippen LogP contribution in [0.4, 0.5) is 0 Å². The summed E-state index contributed by atoms with van der Waals surface area (Å²) in [4.78, 5) is 25.9. The van der Waals surface area contributed by atoms with Gasteiger partial charge in [-0.1, -0.05) is 60.7 Å². The number of hydrogen-bond donors (Lipinski definition) is 3. The minimum absolute atomic E-state index is 0.0315. The molecule has 3 fully saturated rings. The first-order valence-corrected chi connectivity index (χ1v) is 10.5. The van der Waals surface area contributed by atoms with E-state index in [1.54, 1.807) is 0 Å². The quantitative estimate of drug-likeness (QED) is 0.708. The molecule has 29 heavy (non-hydrogen) atoms. The lowest BCUT2D eigenvalue weighted by Gasteiger charge is -2.31. The zero-order valence-corrected chi connectivity index (χ0v) is 16.4. The molecule has 4 N–H and O–H groups in total. The van der Waals surface area contributed by atoms with Gasteiger partial charge in [0.1, 0.15) is 0 Å². The number of nitrogens with two attached hydrogens (primary N) is 1. The maximum Gasteiger partial charge on any atom is 0.226 e. The van der Waals surface area contributed by atoms with Crippen LogP contribution < -0.4 is 16.4 Å². The van der Waals surface area contributed by atoms with Crippen molar-refractivity contribution >= 4 is 11.8 Å². The fourth-order valence-corrected chi connectivity index (χ4v) is 5.43. The Hall–Kier alpha value is -2.66. The normalized spacial score (nSPS) is 35.1. The van der Waals surface area contributed by atoms with E-state index in [1.165, 1.54) is 11.1 Å². The van der Waals surface area contributed by atoms with E-state index in [-0.39, 0.29) is 23.8 Å². The highest BCUT2D eigenvalue weighted by atomic mass is 16.2. The van der Waals surface area contributed by atoms with Crippen LogP contribution in [0.1, 0.15) is 35.8 Å². The van der Waals surface area contributed by atoms with Crippen LogP contribution in [0.2, 0.25) is 0 Å². The molecule has 5 nitrogen and oxygen atoms in total. The van der Waals surface area contributed by atoms with Crippen LogP contribution in [0.3, 0.4) is 0 Å². The Morgan fingerprint density at radius 2 is 1.55 bits per heavy atom. The molecule has 1 aliphatic heterocycles. The third-order valence-electron chi connectivity index (χ3n) is 7.19. The molecule has 2 saturated carbocycles. The Kier molecular flexibility index (Phi) is 4.43. The number of carbonyl (C=O) groups is 2. The van der Waals surface area contributed by atoms with Crippen molar-refractivity contribution in [1.29, 1.82) is 0 Å². The lowest BCUT2D eigenvalue weighted by molar-refractivity contribution is -0.139. The van der Waals surface area contributed by atoms with Crippen molar-refractivity contribution in [2.24, 2.45) is 23.0 Å². The number of benzene rings is 2. The molecule has 1 saturated heterocycles. The van der Waals surface area contributed by atoms with E-state index in [1.807, 2.05) is 36.4 Å². The van der Waals surface area contributed by atoms with E-state index in [4.69, 9.17) is 5.73 Å². The van der Waals surface area contributed by atoms with Crippen LogP contribution in [0, 0.1) is 17.3 Å². The summed E-state index contributed by atoms with van der Waals surface area (Å²) in [5.41, 5.74) is 7.64. The first-order valence-electron chi connectivity index (χ1n) is 10.5. The molecule has 2 aromatic rings. The Labute approximate surface area is 171 Å². The molecule has 150 valence electrons. The molecular weight excluding hydrogens is 362 g/mol. The summed E-state index contributed by atoms with van der Waals surface area (Å²) in [5, 5.41) is 6.50. The SMILES string of the molecule is NC(=O)C1([C@H]2C[C@H]2c2ccccc2)CNCC1C(=O)N[C@H]1C[C@@H]1c1ccccc1. The second kappa shape index (κ2) is 6.99. The van der Waals surface area contributed by atoms with Gasteiger partial charge in [0.15, 0.2) is 0 Å². The van der Waals surface area contributed by atoms with Crippen molar-refractivity contribution in [3.8, 4) is 0 Å². The zero-order chi connectivity index (χ0) is 20.0. The second-order valence-electron chi connectivity index (χ2n) is 8.82. The summed E-state index contributed by atoms with van der Waals surface area (Å²) in [6, 6.07) is 20.7. The van der Waals surface area contributed by atoms with Crippen molar-refractivity contribution in [3.05, 3.63) is 71.8 Å². The lowest BCUT2D eigenvalue weighted by atomic mass is 9.71. The summed E-state index contributed by atoms with van der Waals surface area (Å²) in [5.74, 6) is 0.0119. The molecule has 5 heteroatoms. The smallest absolute Gasteiger partial charge is 0.226 e. The van der Waals surface area contributed by atoms with Gasteiger partial charge >= 0.3 is 0 Å². The molecule has 3 aliphatic rings. The van der Waals surface area contributed by atoms with Gasteiger partial charge in [-0.3, -0.25) is 9.59 Å². The fraction of sp³-hybridized carbons (Fsp3) is 0.417. The van der Waals surface area contributed by atoms with Gasteiger partial charge in [0, 0.05) is 25.0 Å². The molecule has 2 unspecified atom stereocenters. The van der Waals surface area contributed by atoms with Crippen molar-refractivity contribution in [2.75, 3.05) is 13.1 Å². The van der Waals surface area contributed by atoms with Crippen LogP contribution >= 0.6 is 0 Å². The Morgan fingerprint density at radius 3 is 2.17 bits per heavy atom. The van der Waals surface area contributed by atoms with Gasteiger partial charge in [-0.2, -0.15) is 0 Å². The number of primary amides is 1. The topological polar surface area (TPSA) is 84.2 Å². The molecule has 0 aromatic heterocycles. The summed E-state index contributed by atoms with van der Waals surface area (Å²) < 4.78 is 0. The second-order valence-corrected chi connectivity index (χ2v) is 8.82. The molecule has 2 aromatic carbocycles. The molecule has 0 radical (unpaired) electrons. The van der Waals surface area contributed by atoms with Crippen LogP contribution in [-0.2, 0) is 9.59 Å². The molecule has 2 amide bonds. The Morgan fingerprint density at radius 1 is 0.931 bits per heavy atom. The maximum atomic E-state index is 13.2. The predicted octanol–water partition coefficient (Wildman–Crippen LogP) is 2.15. The number of rotatable bonds is 6. The third-order valence-corrected chi connectivity index (χ3v) is 7.19. The average Bonchev–Trinajstić information content (AvgIpc) is 3.66. The number of nitrogens with one attached hydrogen (secondary N) is 2. The highest BCUT2D eigenvalue weighted by Gasteiger charge is 2.64. The van der Waals surface area contributed by atoms with Crippen molar-refractivity contribution < 1.29 is 9.59 Å². The van der Waals surface area contributed by atoms with Crippen LogP contribution in [0.5, 0.6) is 0 Å². The van der Waals surface area contributed by atoms with E-state index in [0.717, 1.165) is 12.8 Å². The van der Waals surface area contributed by atoms with Crippen LogP contribution in [-0.4, -0.2) is 30.9 Å². The van der Waals surface area contributed by atoms with Crippen molar-refractivity contribution in [1.82, 2.24) is 10.6 Å². The average molecular weight is 389 g/mol. The summed E-state index contributed by atoms with van der Waals surface area (Å²) >= 11 is 0. The largest absolute Gasteiger partial charge is 0.369 e. The molecule has 0 bridgehead atoms. The standard InChI is InChI=1S/C24H27N3O2/c25-23(29)24(19-11-17(19)15-7-3-1-4-8-15)14-26-13-20(24)22(28)27-21-12-18(21)16-9-5-2-6-10-16/h1-10,17-21,26H,11-14H2,(H2,25,29)(H,27,28)/t17-,18+,19-,20?,21-,24?/m0/s1. The Bertz CT molecular complexity index is 916. The number of hydrogen-bond acceptors (Lipinski definition) is 3. The van der Waals surface area contributed by atoms with E-state index in [2.05, 4.69) is 34.9 Å². The predicted molar refractivity (Wildman–Crippen MR) is 111 cm³/mol. The number of amides is 2. The van der Waals surface area contributed by atoms with Crippen LogP contribution in [0.15, 0.2) is 60.7 Å². The monoisotopic (exact) mass is 389 g/mol. The van der Waals surface area contributed by atoms with E-state index >= 15 is 0 Å². The van der Waals surface area contributed by atoms with Gasteiger partial charge in [-0.05, 0) is 35.8 Å². The summed E-state index contributed by atoms with van der Waals surface area (Å²) in [7, 11) is 0. The van der Waals surface area contributed by atoms with E-state index < -0.39 is 11.3 Å². The summed E-state index contributed by atoms with van der Waals surface area (Å²) in [6.45, 7) is 0.997. The lowest BCUT2D eigenvalue weighted by Crippen LogP contribution is -2.51. The summed E-state index contributed by atoms with van der Waals surface area (Å²) in [6.07, 6.45) is 1.87. The van der Waals surface area contributed by atoms with Crippen LogP contribution in [0.25, 0.3) is 0 Å². The molecule has 6 atom stereocenters. The molecule has 1 heterocycles. The third kappa shape index (κ3) is 3.14. The van der Waals surface area contributed by atoms with Gasteiger partial charge < -0.3 is 16.4 Å². The van der Waals surface area contributed by atoms with Gasteiger partial charge in [-0.25, -0.2) is 0 Å². The molecule has 2 aliphatic carbocycles. The van der Waals surface area contributed by atoms with Gasteiger partial charge in [-0.15, -0.1) is 0 Å².